The van der Waals surface area contributed by atoms with Crippen LogP contribution in [0.15, 0.2) is 4.52 Å². The van der Waals surface area contributed by atoms with E-state index in [1.54, 1.807) is 0 Å². The van der Waals surface area contributed by atoms with Crippen LogP contribution in [-0.2, 0) is 0 Å². The van der Waals surface area contributed by atoms with Crippen LogP contribution in [0.25, 0.3) is 0 Å². The fourth-order valence-corrected chi connectivity index (χ4v) is 3.09. The fourth-order valence-electron chi connectivity index (χ4n) is 3.09. The number of nitrogens with one attached hydrogen (secondary N) is 1. The summed E-state index contributed by atoms with van der Waals surface area (Å²) in [4.78, 5) is 4.64. The average Bonchev–Trinajstić information content (AvgIpc) is 2.80. The molecule has 1 N–H and O–H groups in total. The zero-order chi connectivity index (χ0) is 12.8. The second kappa shape index (κ2) is 4.34. The maximum Gasteiger partial charge on any atom is 0.229 e. The Kier molecular flexibility index (Phi) is 2.93. The molecule has 1 heterocycles. The summed E-state index contributed by atoms with van der Waals surface area (Å²) in [6, 6.07) is 0.672. The van der Waals surface area contributed by atoms with Gasteiger partial charge in [-0.05, 0) is 44.6 Å². The molecular weight excluding hydrogens is 226 g/mol. The monoisotopic (exact) mass is 249 g/mol. The predicted octanol–water partition coefficient (Wildman–Crippen LogP) is 2.83. The summed E-state index contributed by atoms with van der Waals surface area (Å²) in [7, 11) is 2.05. The summed E-state index contributed by atoms with van der Waals surface area (Å²) >= 11 is 0. The molecule has 1 aromatic rings. The van der Waals surface area contributed by atoms with Crippen LogP contribution in [0.2, 0.25) is 0 Å². The van der Waals surface area contributed by atoms with Crippen molar-refractivity contribution in [3.05, 3.63) is 11.7 Å². The van der Waals surface area contributed by atoms with Crippen molar-refractivity contribution in [3.8, 4) is 0 Å². The predicted molar refractivity (Wildman–Crippen MR) is 69.5 cm³/mol. The molecule has 2 fully saturated rings. The highest BCUT2D eigenvalue weighted by Crippen LogP contribution is 2.57. The quantitative estimate of drug-likeness (QED) is 0.895. The van der Waals surface area contributed by atoms with Gasteiger partial charge in [0.1, 0.15) is 0 Å². The van der Waals surface area contributed by atoms with Gasteiger partial charge in [0.2, 0.25) is 5.89 Å². The summed E-state index contributed by atoms with van der Waals surface area (Å²) in [6.07, 6.45) is 5.96. The minimum Gasteiger partial charge on any atom is -0.339 e. The zero-order valence-corrected chi connectivity index (χ0v) is 11.6. The Morgan fingerprint density at radius 2 is 1.89 bits per heavy atom. The second-order valence-corrected chi connectivity index (χ2v) is 6.57. The summed E-state index contributed by atoms with van der Waals surface area (Å²) < 4.78 is 5.49. The van der Waals surface area contributed by atoms with E-state index < -0.39 is 0 Å². The van der Waals surface area contributed by atoms with Crippen LogP contribution in [-0.4, -0.2) is 23.2 Å². The lowest BCUT2D eigenvalue weighted by molar-refractivity contribution is 0.287. The molecule has 0 bridgehead atoms. The number of aromatic nitrogens is 2. The van der Waals surface area contributed by atoms with Gasteiger partial charge in [-0.2, -0.15) is 4.98 Å². The molecule has 1 unspecified atom stereocenters. The SMILES string of the molecule is CNC1CCC(c2nc(C3CC3(C)C)no2)CC1. The molecule has 0 aromatic carbocycles. The molecule has 100 valence electrons. The molecular formula is C14H23N3O. The van der Waals surface area contributed by atoms with E-state index in [0.29, 0.717) is 23.3 Å². The molecule has 4 heteroatoms. The van der Waals surface area contributed by atoms with Crippen molar-refractivity contribution in [3.63, 3.8) is 0 Å². The fraction of sp³-hybridized carbons (Fsp3) is 0.857. The van der Waals surface area contributed by atoms with Gasteiger partial charge in [0.25, 0.3) is 0 Å². The Morgan fingerprint density at radius 1 is 1.22 bits per heavy atom. The van der Waals surface area contributed by atoms with E-state index in [4.69, 9.17) is 4.52 Å². The number of hydrogen-bond donors (Lipinski definition) is 1. The molecule has 2 aliphatic carbocycles. The molecule has 0 amide bonds. The van der Waals surface area contributed by atoms with E-state index in [1.165, 1.54) is 32.1 Å². The molecule has 1 atom stereocenters. The first-order valence-corrected chi connectivity index (χ1v) is 7.11. The van der Waals surface area contributed by atoms with Crippen molar-refractivity contribution < 1.29 is 4.52 Å². The van der Waals surface area contributed by atoms with Crippen molar-refractivity contribution >= 4 is 0 Å². The van der Waals surface area contributed by atoms with Gasteiger partial charge in [-0.15, -0.1) is 0 Å². The van der Waals surface area contributed by atoms with E-state index in [9.17, 15) is 0 Å². The number of nitrogens with zero attached hydrogens (tertiary/aromatic N) is 2. The van der Waals surface area contributed by atoms with Crippen LogP contribution < -0.4 is 5.32 Å². The molecule has 2 saturated carbocycles. The standard InChI is InChI=1S/C14H23N3O/c1-14(2)8-11(14)12-16-13(18-17-12)9-4-6-10(15-3)7-5-9/h9-11,15H,4-8H2,1-3H3. The topological polar surface area (TPSA) is 51.0 Å². The Labute approximate surface area is 109 Å². The van der Waals surface area contributed by atoms with Crippen molar-refractivity contribution in [2.75, 3.05) is 7.05 Å². The van der Waals surface area contributed by atoms with E-state index in [0.717, 1.165) is 11.7 Å². The van der Waals surface area contributed by atoms with E-state index in [1.807, 2.05) is 7.05 Å². The van der Waals surface area contributed by atoms with E-state index in [2.05, 4.69) is 29.3 Å². The van der Waals surface area contributed by atoms with Crippen LogP contribution in [0, 0.1) is 5.41 Å². The van der Waals surface area contributed by atoms with Crippen LogP contribution >= 0.6 is 0 Å². The maximum absolute atomic E-state index is 5.49. The second-order valence-electron chi connectivity index (χ2n) is 6.57. The lowest BCUT2D eigenvalue weighted by Gasteiger charge is -2.25. The van der Waals surface area contributed by atoms with Gasteiger partial charge in [-0.3, -0.25) is 0 Å². The normalized spacial score (nSPS) is 34.5. The zero-order valence-electron chi connectivity index (χ0n) is 11.6. The third-order valence-corrected chi connectivity index (χ3v) is 4.77. The molecule has 2 aliphatic rings. The Morgan fingerprint density at radius 3 is 2.44 bits per heavy atom. The highest BCUT2D eigenvalue weighted by molar-refractivity contribution is 5.15. The van der Waals surface area contributed by atoms with Crippen molar-refractivity contribution in [2.45, 2.75) is 63.8 Å². The summed E-state index contributed by atoms with van der Waals surface area (Å²) in [5.74, 6) is 2.81. The molecule has 18 heavy (non-hydrogen) atoms. The molecule has 0 saturated heterocycles. The summed E-state index contributed by atoms with van der Waals surface area (Å²) in [5.41, 5.74) is 0.380. The van der Waals surface area contributed by atoms with Crippen molar-refractivity contribution in [1.29, 1.82) is 0 Å². The third kappa shape index (κ3) is 2.18. The highest BCUT2D eigenvalue weighted by atomic mass is 16.5. The molecule has 0 aliphatic heterocycles. The van der Waals surface area contributed by atoms with Crippen LogP contribution in [0.1, 0.15) is 69.5 Å². The van der Waals surface area contributed by atoms with Crippen LogP contribution in [0.5, 0.6) is 0 Å². The minimum absolute atomic E-state index is 0.380. The first-order valence-electron chi connectivity index (χ1n) is 7.11. The van der Waals surface area contributed by atoms with Gasteiger partial charge in [0, 0.05) is 17.9 Å². The minimum atomic E-state index is 0.380. The lowest BCUT2D eigenvalue weighted by Crippen LogP contribution is -2.29. The lowest BCUT2D eigenvalue weighted by atomic mass is 9.86. The Balaban J connectivity index is 1.64. The largest absolute Gasteiger partial charge is 0.339 e. The number of rotatable bonds is 3. The van der Waals surface area contributed by atoms with Gasteiger partial charge < -0.3 is 9.84 Å². The summed E-state index contributed by atoms with van der Waals surface area (Å²) in [5, 5.41) is 7.54. The molecule has 3 rings (SSSR count). The first kappa shape index (κ1) is 12.2. The van der Waals surface area contributed by atoms with Crippen molar-refractivity contribution in [2.24, 2.45) is 5.41 Å². The smallest absolute Gasteiger partial charge is 0.229 e. The third-order valence-electron chi connectivity index (χ3n) is 4.77. The Bertz CT molecular complexity index is 418. The van der Waals surface area contributed by atoms with E-state index >= 15 is 0 Å². The van der Waals surface area contributed by atoms with Gasteiger partial charge in [-0.25, -0.2) is 0 Å². The highest BCUT2D eigenvalue weighted by Gasteiger charge is 2.49. The van der Waals surface area contributed by atoms with Gasteiger partial charge in [0.05, 0.1) is 0 Å². The van der Waals surface area contributed by atoms with Crippen molar-refractivity contribution in [1.82, 2.24) is 15.5 Å². The maximum atomic E-state index is 5.49. The van der Waals surface area contributed by atoms with Crippen LogP contribution in [0.3, 0.4) is 0 Å². The molecule has 1 aromatic heterocycles. The van der Waals surface area contributed by atoms with Gasteiger partial charge in [-0.1, -0.05) is 19.0 Å². The van der Waals surface area contributed by atoms with Gasteiger partial charge >= 0.3 is 0 Å². The average molecular weight is 249 g/mol. The first-order chi connectivity index (χ1) is 8.60. The molecule has 0 radical (unpaired) electrons. The van der Waals surface area contributed by atoms with Gasteiger partial charge in [0.15, 0.2) is 5.82 Å². The van der Waals surface area contributed by atoms with Crippen LogP contribution in [0.4, 0.5) is 0 Å². The summed E-state index contributed by atoms with van der Waals surface area (Å²) in [6.45, 7) is 4.54. The van der Waals surface area contributed by atoms with E-state index in [-0.39, 0.29) is 0 Å². The number of hydrogen-bond acceptors (Lipinski definition) is 4. The Hall–Kier alpha value is -0.900. The molecule has 4 nitrogen and oxygen atoms in total. The molecule has 0 spiro atoms.